The first kappa shape index (κ1) is 13.3. The standard InChI is InChI=1S/C13H22N2O3/c16-12(17)9-15-7-5-10(6-8-15)13(18)14-11-3-1-2-4-11/h10-11H,1-9H2,(H,14,18)(H,16,17). The van der Waals surface area contributed by atoms with E-state index in [0.29, 0.717) is 6.04 Å². The number of piperidine rings is 1. The van der Waals surface area contributed by atoms with Crippen molar-refractivity contribution in [1.82, 2.24) is 10.2 Å². The Balaban J connectivity index is 1.71. The molecule has 1 amide bonds. The van der Waals surface area contributed by atoms with Gasteiger partial charge in [0.05, 0.1) is 6.54 Å². The molecule has 1 saturated heterocycles. The van der Waals surface area contributed by atoms with Gasteiger partial charge in [0, 0.05) is 12.0 Å². The predicted molar refractivity (Wildman–Crippen MR) is 67.2 cm³/mol. The summed E-state index contributed by atoms with van der Waals surface area (Å²) in [5.41, 5.74) is 0. The molecule has 0 aromatic heterocycles. The number of nitrogens with one attached hydrogen (secondary N) is 1. The van der Waals surface area contributed by atoms with Crippen LogP contribution in [0.15, 0.2) is 0 Å². The zero-order valence-electron chi connectivity index (χ0n) is 10.7. The molecule has 1 heterocycles. The van der Waals surface area contributed by atoms with Crippen molar-refractivity contribution in [2.75, 3.05) is 19.6 Å². The monoisotopic (exact) mass is 254 g/mol. The Morgan fingerprint density at radius 3 is 2.28 bits per heavy atom. The molecule has 2 fully saturated rings. The van der Waals surface area contributed by atoms with Crippen molar-refractivity contribution in [3.63, 3.8) is 0 Å². The van der Waals surface area contributed by atoms with Gasteiger partial charge in [0.1, 0.15) is 0 Å². The normalized spacial score (nSPS) is 23.1. The van der Waals surface area contributed by atoms with Gasteiger partial charge in [-0.3, -0.25) is 14.5 Å². The molecule has 0 aromatic rings. The number of hydrogen-bond donors (Lipinski definition) is 2. The van der Waals surface area contributed by atoms with Crippen molar-refractivity contribution >= 4 is 11.9 Å². The summed E-state index contributed by atoms with van der Waals surface area (Å²) in [6.07, 6.45) is 6.24. The number of nitrogens with zero attached hydrogens (tertiary/aromatic N) is 1. The lowest BCUT2D eigenvalue weighted by molar-refractivity contribution is -0.138. The summed E-state index contributed by atoms with van der Waals surface area (Å²) < 4.78 is 0. The molecule has 18 heavy (non-hydrogen) atoms. The molecule has 0 bridgehead atoms. The SMILES string of the molecule is O=C(O)CN1CCC(C(=O)NC2CCCC2)CC1. The van der Waals surface area contributed by atoms with Gasteiger partial charge in [0.15, 0.2) is 0 Å². The van der Waals surface area contributed by atoms with Crippen LogP contribution in [0.2, 0.25) is 0 Å². The van der Waals surface area contributed by atoms with E-state index in [1.165, 1.54) is 12.8 Å². The van der Waals surface area contributed by atoms with E-state index in [9.17, 15) is 9.59 Å². The second-order valence-electron chi connectivity index (χ2n) is 5.43. The van der Waals surface area contributed by atoms with Crippen molar-refractivity contribution < 1.29 is 14.7 Å². The summed E-state index contributed by atoms with van der Waals surface area (Å²) in [6, 6.07) is 0.384. The van der Waals surface area contributed by atoms with Crippen molar-refractivity contribution in [2.45, 2.75) is 44.6 Å². The zero-order valence-corrected chi connectivity index (χ0v) is 10.7. The molecule has 0 spiro atoms. The van der Waals surface area contributed by atoms with Gasteiger partial charge in [-0.25, -0.2) is 0 Å². The van der Waals surface area contributed by atoms with Crippen LogP contribution in [-0.4, -0.2) is 47.6 Å². The third-order valence-electron chi connectivity index (χ3n) is 4.02. The molecular weight excluding hydrogens is 232 g/mol. The highest BCUT2D eigenvalue weighted by atomic mass is 16.4. The van der Waals surface area contributed by atoms with E-state index in [0.717, 1.165) is 38.8 Å². The van der Waals surface area contributed by atoms with E-state index in [1.807, 2.05) is 4.90 Å². The van der Waals surface area contributed by atoms with Crippen LogP contribution < -0.4 is 5.32 Å². The summed E-state index contributed by atoms with van der Waals surface area (Å²) in [5, 5.41) is 11.8. The fraction of sp³-hybridized carbons (Fsp3) is 0.846. The molecular formula is C13H22N2O3. The van der Waals surface area contributed by atoms with Crippen LogP contribution >= 0.6 is 0 Å². The predicted octanol–water partition coefficient (Wildman–Crippen LogP) is 0.842. The molecule has 2 N–H and O–H groups in total. The lowest BCUT2D eigenvalue weighted by Crippen LogP contribution is -2.44. The second-order valence-corrected chi connectivity index (χ2v) is 5.43. The summed E-state index contributed by atoms with van der Waals surface area (Å²) in [4.78, 5) is 24.5. The summed E-state index contributed by atoms with van der Waals surface area (Å²) >= 11 is 0. The molecule has 0 radical (unpaired) electrons. The van der Waals surface area contributed by atoms with E-state index in [-0.39, 0.29) is 18.4 Å². The molecule has 2 aliphatic rings. The van der Waals surface area contributed by atoms with Crippen LogP contribution in [0.4, 0.5) is 0 Å². The Morgan fingerprint density at radius 1 is 1.11 bits per heavy atom. The number of rotatable bonds is 4. The number of carboxylic acids is 1. The van der Waals surface area contributed by atoms with Gasteiger partial charge < -0.3 is 10.4 Å². The number of likely N-dealkylation sites (tertiary alicyclic amines) is 1. The number of hydrogen-bond acceptors (Lipinski definition) is 3. The molecule has 2 rings (SSSR count). The maximum Gasteiger partial charge on any atom is 0.317 e. The van der Waals surface area contributed by atoms with E-state index in [2.05, 4.69) is 5.32 Å². The van der Waals surface area contributed by atoms with Gasteiger partial charge >= 0.3 is 5.97 Å². The summed E-state index contributed by atoms with van der Waals surface area (Å²) in [7, 11) is 0. The highest BCUT2D eigenvalue weighted by Crippen LogP contribution is 2.21. The smallest absolute Gasteiger partial charge is 0.317 e. The van der Waals surface area contributed by atoms with Crippen LogP contribution in [-0.2, 0) is 9.59 Å². The molecule has 102 valence electrons. The van der Waals surface area contributed by atoms with Crippen molar-refractivity contribution in [3.8, 4) is 0 Å². The third kappa shape index (κ3) is 3.70. The topological polar surface area (TPSA) is 69.6 Å². The summed E-state index contributed by atoms with van der Waals surface area (Å²) in [5.74, 6) is -0.531. The number of carbonyl (C=O) groups excluding carboxylic acids is 1. The average molecular weight is 254 g/mol. The fourth-order valence-corrected chi connectivity index (χ4v) is 2.93. The number of carbonyl (C=O) groups is 2. The quantitative estimate of drug-likeness (QED) is 0.780. The number of aliphatic carboxylic acids is 1. The molecule has 0 atom stereocenters. The first-order valence-corrected chi connectivity index (χ1v) is 6.89. The Labute approximate surface area is 108 Å². The highest BCUT2D eigenvalue weighted by molar-refractivity contribution is 5.79. The first-order chi connectivity index (χ1) is 8.65. The second kappa shape index (κ2) is 6.18. The largest absolute Gasteiger partial charge is 0.480 e. The Bertz CT molecular complexity index is 305. The van der Waals surface area contributed by atoms with Crippen molar-refractivity contribution in [2.24, 2.45) is 5.92 Å². The van der Waals surface area contributed by atoms with Crippen LogP contribution in [0.5, 0.6) is 0 Å². The van der Waals surface area contributed by atoms with Gasteiger partial charge in [-0.05, 0) is 38.8 Å². The molecule has 0 aromatic carbocycles. The maximum atomic E-state index is 12.0. The fourth-order valence-electron chi connectivity index (χ4n) is 2.93. The molecule has 0 unspecified atom stereocenters. The minimum absolute atomic E-state index is 0.0793. The average Bonchev–Trinajstić information content (AvgIpc) is 2.82. The minimum Gasteiger partial charge on any atom is -0.480 e. The van der Waals surface area contributed by atoms with Gasteiger partial charge in [-0.2, -0.15) is 0 Å². The Morgan fingerprint density at radius 2 is 1.72 bits per heavy atom. The molecule has 5 nitrogen and oxygen atoms in total. The van der Waals surface area contributed by atoms with E-state index >= 15 is 0 Å². The molecule has 1 aliphatic carbocycles. The number of amides is 1. The molecule has 1 saturated carbocycles. The minimum atomic E-state index is -0.788. The molecule has 5 heteroatoms. The first-order valence-electron chi connectivity index (χ1n) is 6.89. The van der Waals surface area contributed by atoms with Crippen molar-refractivity contribution in [3.05, 3.63) is 0 Å². The third-order valence-corrected chi connectivity index (χ3v) is 4.02. The van der Waals surface area contributed by atoms with Gasteiger partial charge in [-0.1, -0.05) is 12.8 Å². The van der Waals surface area contributed by atoms with Crippen LogP contribution in [0, 0.1) is 5.92 Å². The molecule has 1 aliphatic heterocycles. The zero-order chi connectivity index (χ0) is 13.0. The lowest BCUT2D eigenvalue weighted by Gasteiger charge is -2.30. The van der Waals surface area contributed by atoms with E-state index < -0.39 is 5.97 Å². The highest BCUT2D eigenvalue weighted by Gasteiger charge is 2.27. The van der Waals surface area contributed by atoms with Gasteiger partial charge in [-0.15, -0.1) is 0 Å². The van der Waals surface area contributed by atoms with Crippen LogP contribution in [0.1, 0.15) is 38.5 Å². The van der Waals surface area contributed by atoms with E-state index in [1.54, 1.807) is 0 Å². The Hall–Kier alpha value is -1.10. The lowest BCUT2D eigenvalue weighted by atomic mass is 9.95. The summed E-state index contributed by atoms with van der Waals surface area (Å²) in [6.45, 7) is 1.53. The van der Waals surface area contributed by atoms with Crippen molar-refractivity contribution in [1.29, 1.82) is 0 Å². The number of carboxylic acid groups (broad SMARTS) is 1. The van der Waals surface area contributed by atoms with E-state index in [4.69, 9.17) is 5.11 Å². The van der Waals surface area contributed by atoms with Crippen LogP contribution in [0.25, 0.3) is 0 Å². The maximum absolute atomic E-state index is 12.0. The van der Waals surface area contributed by atoms with Gasteiger partial charge in [0.2, 0.25) is 5.91 Å². The van der Waals surface area contributed by atoms with Gasteiger partial charge in [0.25, 0.3) is 0 Å². The van der Waals surface area contributed by atoms with Crippen LogP contribution in [0.3, 0.4) is 0 Å². The Kier molecular flexibility index (Phi) is 4.58.